The van der Waals surface area contributed by atoms with Crippen LogP contribution in [-0.4, -0.2) is 6.29 Å². The first-order valence-corrected chi connectivity index (χ1v) is 5.96. The van der Waals surface area contributed by atoms with Crippen LogP contribution < -0.4 is 5.32 Å². The first-order valence-electron chi connectivity index (χ1n) is 5.96. The van der Waals surface area contributed by atoms with Crippen LogP contribution in [-0.2, 0) is 4.79 Å². The zero-order valence-electron chi connectivity index (χ0n) is 9.84. The maximum atomic E-state index is 11.2. The number of anilines is 1. The molecule has 0 amide bonds. The molecule has 0 fully saturated rings. The third kappa shape index (κ3) is 1.82. The fourth-order valence-electron chi connectivity index (χ4n) is 2.28. The predicted octanol–water partition coefficient (Wildman–Crippen LogP) is 3.44. The Labute approximate surface area is 106 Å². The second-order valence-electron chi connectivity index (χ2n) is 4.34. The highest BCUT2D eigenvalue weighted by Crippen LogP contribution is 2.33. The second-order valence-corrected chi connectivity index (χ2v) is 4.34. The molecule has 0 spiro atoms. The lowest BCUT2D eigenvalue weighted by Crippen LogP contribution is -2.18. The van der Waals surface area contributed by atoms with Crippen LogP contribution in [0.1, 0.15) is 17.2 Å². The van der Waals surface area contributed by atoms with Gasteiger partial charge in [0, 0.05) is 11.3 Å². The van der Waals surface area contributed by atoms with Crippen molar-refractivity contribution in [2.75, 3.05) is 5.32 Å². The first kappa shape index (κ1) is 10.8. The van der Waals surface area contributed by atoms with E-state index in [0.29, 0.717) is 0 Å². The minimum Gasteiger partial charge on any atom is -0.374 e. The molecular weight excluding hydrogens is 222 g/mol. The van der Waals surface area contributed by atoms with E-state index in [2.05, 4.69) is 5.32 Å². The van der Waals surface area contributed by atoms with Gasteiger partial charge >= 0.3 is 0 Å². The summed E-state index contributed by atoms with van der Waals surface area (Å²) in [6, 6.07) is 18.0. The van der Waals surface area contributed by atoms with Crippen molar-refractivity contribution >= 4 is 18.0 Å². The Morgan fingerprint density at radius 1 is 0.944 bits per heavy atom. The quantitative estimate of drug-likeness (QED) is 0.808. The van der Waals surface area contributed by atoms with Gasteiger partial charge in [0.05, 0.1) is 6.04 Å². The third-order valence-corrected chi connectivity index (χ3v) is 3.19. The zero-order valence-corrected chi connectivity index (χ0v) is 9.84. The minimum atomic E-state index is -0.0569. The van der Waals surface area contributed by atoms with Crippen molar-refractivity contribution < 1.29 is 4.79 Å². The van der Waals surface area contributed by atoms with Gasteiger partial charge in [0.25, 0.3) is 0 Å². The van der Waals surface area contributed by atoms with E-state index in [1.54, 1.807) is 0 Å². The van der Waals surface area contributed by atoms with Crippen molar-refractivity contribution in [3.63, 3.8) is 0 Å². The maximum absolute atomic E-state index is 11.2. The highest BCUT2D eigenvalue weighted by molar-refractivity contribution is 5.89. The van der Waals surface area contributed by atoms with Crippen LogP contribution in [0.3, 0.4) is 0 Å². The van der Waals surface area contributed by atoms with Crippen molar-refractivity contribution in [1.29, 1.82) is 0 Å². The number of rotatable bonds is 2. The number of hydrogen-bond donors (Lipinski definition) is 1. The standard InChI is InChI=1S/C16H13NO/c18-11-14-10-13-8-4-5-9-15(13)17-16(14)12-6-2-1-3-7-12/h1-11,16-17H/t16-/m1/s1. The number of fused-ring (bicyclic) bond motifs is 1. The van der Waals surface area contributed by atoms with E-state index < -0.39 is 0 Å². The molecule has 1 heterocycles. The van der Waals surface area contributed by atoms with Crippen LogP contribution in [0, 0.1) is 0 Å². The van der Waals surface area contributed by atoms with E-state index in [0.717, 1.165) is 28.7 Å². The fraction of sp³-hybridized carbons (Fsp3) is 0.0625. The smallest absolute Gasteiger partial charge is 0.148 e. The molecule has 0 radical (unpaired) electrons. The maximum Gasteiger partial charge on any atom is 0.148 e. The van der Waals surface area contributed by atoms with Gasteiger partial charge in [-0.05, 0) is 23.3 Å². The zero-order chi connectivity index (χ0) is 12.4. The van der Waals surface area contributed by atoms with E-state index in [1.165, 1.54) is 0 Å². The van der Waals surface area contributed by atoms with Crippen molar-refractivity contribution in [1.82, 2.24) is 0 Å². The summed E-state index contributed by atoms with van der Waals surface area (Å²) >= 11 is 0. The number of nitrogens with one attached hydrogen (secondary N) is 1. The molecule has 3 rings (SSSR count). The lowest BCUT2D eigenvalue weighted by Gasteiger charge is -2.26. The van der Waals surface area contributed by atoms with Gasteiger partial charge in [0.15, 0.2) is 0 Å². The van der Waals surface area contributed by atoms with Gasteiger partial charge in [0.2, 0.25) is 0 Å². The molecule has 0 saturated carbocycles. The molecule has 2 nitrogen and oxygen atoms in total. The molecule has 0 aromatic heterocycles. The van der Waals surface area contributed by atoms with E-state index in [-0.39, 0.29) is 6.04 Å². The largest absolute Gasteiger partial charge is 0.374 e. The topological polar surface area (TPSA) is 29.1 Å². The molecule has 0 bridgehead atoms. The number of carbonyl (C=O) groups excluding carboxylic acids is 1. The molecule has 2 aromatic rings. The van der Waals surface area contributed by atoms with Crippen LogP contribution >= 0.6 is 0 Å². The average Bonchev–Trinajstić information content (AvgIpc) is 2.46. The van der Waals surface area contributed by atoms with Gasteiger partial charge in [-0.15, -0.1) is 0 Å². The monoisotopic (exact) mass is 235 g/mol. The summed E-state index contributed by atoms with van der Waals surface area (Å²) in [6.07, 6.45) is 2.89. The summed E-state index contributed by atoms with van der Waals surface area (Å²) in [4.78, 5) is 11.2. The molecule has 0 aliphatic carbocycles. The van der Waals surface area contributed by atoms with E-state index in [4.69, 9.17) is 0 Å². The van der Waals surface area contributed by atoms with Crippen LogP contribution in [0.5, 0.6) is 0 Å². The third-order valence-electron chi connectivity index (χ3n) is 3.19. The van der Waals surface area contributed by atoms with Gasteiger partial charge in [0.1, 0.15) is 6.29 Å². The van der Waals surface area contributed by atoms with Crippen LogP contribution in [0.4, 0.5) is 5.69 Å². The molecule has 2 heteroatoms. The van der Waals surface area contributed by atoms with Crippen LogP contribution in [0.2, 0.25) is 0 Å². The van der Waals surface area contributed by atoms with Crippen molar-refractivity contribution in [3.05, 3.63) is 71.3 Å². The first-order chi connectivity index (χ1) is 8.88. The van der Waals surface area contributed by atoms with Crippen LogP contribution in [0.25, 0.3) is 6.08 Å². The summed E-state index contributed by atoms with van der Waals surface area (Å²) in [5.41, 5.74) is 3.99. The molecule has 0 saturated heterocycles. The summed E-state index contributed by atoms with van der Waals surface area (Å²) in [7, 11) is 0. The summed E-state index contributed by atoms with van der Waals surface area (Å²) in [6.45, 7) is 0. The number of aldehydes is 1. The Balaban J connectivity index is 2.07. The minimum absolute atomic E-state index is 0.0569. The SMILES string of the molecule is O=CC1=Cc2ccccc2N[C@@H]1c1ccccc1. The van der Waals surface area contributed by atoms with E-state index in [1.807, 2.05) is 60.7 Å². The van der Waals surface area contributed by atoms with Gasteiger partial charge in [-0.3, -0.25) is 4.79 Å². The molecule has 1 atom stereocenters. The highest BCUT2D eigenvalue weighted by atomic mass is 16.1. The van der Waals surface area contributed by atoms with E-state index >= 15 is 0 Å². The Bertz CT molecular complexity index is 602. The molecule has 2 aromatic carbocycles. The normalized spacial score (nSPS) is 17.3. The summed E-state index contributed by atoms with van der Waals surface area (Å²) in [5.74, 6) is 0. The molecule has 18 heavy (non-hydrogen) atoms. The number of benzene rings is 2. The molecule has 1 aliphatic rings. The summed E-state index contributed by atoms with van der Waals surface area (Å²) < 4.78 is 0. The Kier molecular flexibility index (Phi) is 2.69. The Morgan fingerprint density at radius 3 is 2.44 bits per heavy atom. The highest BCUT2D eigenvalue weighted by Gasteiger charge is 2.21. The Morgan fingerprint density at radius 2 is 1.67 bits per heavy atom. The van der Waals surface area contributed by atoms with Crippen molar-refractivity contribution in [2.45, 2.75) is 6.04 Å². The van der Waals surface area contributed by atoms with Gasteiger partial charge < -0.3 is 5.32 Å². The average molecular weight is 235 g/mol. The fourth-order valence-corrected chi connectivity index (χ4v) is 2.28. The van der Waals surface area contributed by atoms with Gasteiger partial charge in [-0.25, -0.2) is 0 Å². The van der Waals surface area contributed by atoms with Crippen LogP contribution in [0.15, 0.2) is 60.2 Å². The number of carbonyl (C=O) groups is 1. The Hall–Kier alpha value is -2.35. The van der Waals surface area contributed by atoms with Gasteiger partial charge in [-0.1, -0.05) is 48.5 Å². The predicted molar refractivity (Wildman–Crippen MR) is 73.3 cm³/mol. The molecule has 1 N–H and O–H groups in total. The van der Waals surface area contributed by atoms with Crippen molar-refractivity contribution in [3.8, 4) is 0 Å². The number of para-hydroxylation sites is 1. The summed E-state index contributed by atoms with van der Waals surface area (Å²) in [5, 5.41) is 3.41. The molecule has 1 aliphatic heterocycles. The lowest BCUT2D eigenvalue weighted by molar-refractivity contribution is -0.105. The second kappa shape index (κ2) is 4.49. The molecule has 88 valence electrons. The molecular formula is C16H13NO. The lowest BCUT2D eigenvalue weighted by atomic mass is 9.93. The molecule has 0 unspecified atom stereocenters. The van der Waals surface area contributed by atoms with Crippen molar-refractivity contribution in [2.24, 2.45) is 0 Å². The van der Waals surface area contributed by atoms with Gasteiger partial charge in [-0.2, -0.15) is 0 Å². The van der Waals surface area contributed by atoms with E-state index in [9.17, 15) is 4.79 Å². The number of hydrogen-bond acceptors (Lipinski definition) is 2.